The minimum Gasteiger partial charge on any atom is -0.497 e. The predicted octanol–water partition coefficient (Wildman–Crippen LogP) is 4.84. The van der Waals surface area contributed by atoms with Crippen molar-refractivity contribution in [2.24, 2.45) is 0 Å². The summed E-state index contributed by atoms with van der Waals surface area (Å²) in [4.78, 5) is 0. The summed E-state index contributed by atoms with van der Waals surface area (Å²) >= 11 is 3.54. The van der Waals surface area contributed by atoms with Gasteiger partial charge in [-0.1, -0.05) is 32.6 Å². The molecule has 2 nitrogen and oxygen atoms in total. The number of rotatable bonds is 8. The highest BCUT2D eigenvalue weighted by atomic mass is 79.9. The second kappa shape index (κ2) is 8.40. The fourth-order valence-corrected chi connectivity index (χ4v) is 2.11. The summed E-state index contributed by atoms with van der Waals surface area (Å²) in [5.74, 6) is 0.890. The van der Waals surface area contributed by atoms with Crippen molar-refractivity contribution in [1.29, 1.82) is 0 Å². The molecule has 1 aromatic carbocycles. The van der Waals surface area contributed by atoms with Gasteiger partial charge in [0.1, 0.15) is 5.75 Å². The second-order valence-electron chi connectivity index (χ2n) is 4.19. The molecule has 1 rings (SSSR count). The highest BCUT2D eigenvalue weighted by molar-refractivity contribution is 9.10. The summed E-state index contributed by atoms with van der Waals surface area (Å²) < 4.78 is 6.30. The first kappa shape index (κ1) is 14.4. The van der Waals surface area contributed by atoms with Gasteiger partial charge in [0, 0.05) is 17.1 Å². The SMILES string of the molecule is CCCCCCCNc1cc(OC)ccc1Br. The normalized spacial score (nSPS) is 10.3. The van der Waals surface area contributed by atoms with E-state index in [2.05, 4.69) is 28.2 Å². The van der Waals surface area contributed by atoms with Gasteiger partial charge in [0.05, 0.1) is 12.8 Å². The van der Waals surface area contributed by atoms with Crippen molar-refractivity contribution < 1.29 is 4.74 Å². The fourth-order valence-electron chi connectivity index (χ4n) is 1.72. The molecule has 0 saturated carbocycles. The van der Waals surface area contributed by atoms with Crippen LogP contribution in [0.1, 0.15) is 39.0 Å². The lowest BCUT2D eigenvalue weighted by atomic mass is 10.1. The monoisotopic (exact) mass is 299 g/mol. The molecule has 0 aliphatic heterocycles. The van der Waals surface area contributed by atoms with Gasteiger partial charge in [-0.2, -0.15) is 0 Å². The number of halogens is 1. The van der Waals surface area contributed by atoms with E-state index >= 15 is 0 Å². The zero-order valence-electron chi connectivity index (χ0n) is 10.8. The molecule has 0 spiro atoms. The number of benzene rings is 1. The van der Waals surface area contributed by atoms with Crippen LogP contribution in [0.4, 0.5) is 5.69 Å². The van der Waals surface area contributed by atoms with E-state index in [4.69, 9.17) is 4.74 Å². The standard InChI is InChI=1S/C14H22BrNO/c1-3-4-5-6-7-10-16-14-11-12(17-2)8-9-13(14)15/h8-9,11,16H,3-7,10H2,1-2H3. The molecule has 0 aliphatic carbocycles. The largest absolute Gasteiger partial charge is 0.497 e. The van der Waals surface area contributed by atoms with E-state index in [1.165, 1.54) is 32.1 Å². The van der Waals surface area contributed by atoms with E-state index in [1.54, 1.807) is 7.11 Å². The number of hydrogen-bond acceptors (Lipinski definition) is 2. The molecule has 0 aromatic heterocycles. The molecule has 1 N–H and O–H groups in total. The molecule has 0 heterocycles. The van der Waals surface area contributed by atoms with Crippen molar-refractivity contribution in [3.63, 3.8) is 0 Å². The van der Waals surface area contributed by atoms with E-state index in [9.17, 15) is 0 Å². The van der Waals surface area contributed by atoms with Crippen molar-refractivity contribution >= 4 is 21.6 Å². The van der Waals surface area contributed by atoms with Gasteiger partial charge in [0.25, 0.3) is 0 Å². The molecule has 96 valence electrons. The topological polar surface area (TPSA) is 21.3 Å². The number of methoxy groups -OCH3 is 1. The molecule has 0 radical (unpaired) electrons. The molecule has 0 fully saturated rings. The maximum Gasteiger partial charge on any atom is 0.121 e. The van der Waals surface area contributed by atoms with Crippen LogP contribution in [-0.4, -0.2) is 13.7 Å². The average Bonchev–Trinajstić information content (AvgIpc) is 2.35. The lowest BCUT2D eigenvalue weighted by Gasteiger charge is -2.10. The third-order valence-corrected chi connectivity index (χ3v) is 3.46. The van der Waals surface area contributed by atoms with E-state index in [1.807, 2.05) is 18.2 Å². The third kappa shape index (κ3) is 5.44. The van der Waals surface area contributed by atoms with Crippen LogP contribution in [-0.2, 0) is 0 Å². The second-order valence-corrected chi connectivity index (χ2v) is 5.04. The summed E-state index contributed by atoms with van der Waals surface area (Å²) in [5, 5.41) is 3.44. The molecule has 17 heavy (non-hydrogen) atoms. The van der Waals surface area contributed by atoms with Crippen molar-refractivity contribution in [1.82, 2.24) is 0 Å². The quantitative estimate of drug-likeness (QED) is 0.694. The van der Waals surface area contributed by atoms with Crippen molar-refractivity contribution in [3.05, 3.63) is 22.7 Å². The van der Waals surface area contributed by atoms with Crippen LogP contribution in [0.2, 0.25) is 0 Å². The van der Waals surface area contributed by atoms with Crippen LogP contribution >= 0.6 is 15.9 Å². The summed E-state index contributed by atoms with van der Waals surface area (Å²) in [6.07, 6.45) is 6.53. The van der Waals surface area contributed by atoms with Gasteiger partial charge in [-0.25, -0.2) is 0 Å². The van der Waals surface area contributed by atoms with Crippen molar-refractivity contribution in [2.75, 3.05) is 19.0 Å². The van der Waals surface area contributed by atoms with Crippen molar-refractivity contribution in [3.8, 4) is 5.75 Å². The Morgan fingerprint density at radius 1 is 1.18 bits per heavy atom. The van der Waals surface area contributed by atoms with Crippen LogP contribution in [0.25, 0.3) is 0 Å². The predicted molar refractivity (Wildman–Crippen MR) is 77.9 cm³/mol. The van der Waals surface area contributed by atoms with E-state index in [-0.39, 0.29) is 0 Å². The van der Waals surface area contributed by atoms with Crippen LogP contribution < -0.4 is 10.1 Å². The molecule has 0 amide bonds. The first-order chi connectivity index (χ1) is 8.27. The van der Waals surface area contributed by atoms with Gasteiger partial charge in [0.2, 0.25) is 0 Å². The van der Waals surface area contributed by atoms with E-state index in [0.29, 0.717) is 0 Å². The molecule has 0 unspecified atom stereocenters. The molecule has 0 saturated heterocycles. The Hall–Kier alpha value is -0.700. The van der Waals surface area contributed by atoms with Crippen LogP contribution in [0.15, 0.2) is 22.7 Å². The van der Waals surface area contributed by atoms with Gasteiger partial charge in [-0.3, -0.25) is 0 Å². The Labute approximate surface area is 113 Å². The number of ether oxygens (including phenoxy) is 1. The van der Waals surface area contributed by atoms with E-state index in [0.717, 1.165) is 22.5 Å². The van der Waals surface area contributed by atoms with Gasteiger partial charge >= 0.3 is 0 Å². The highest BCUT2D eigenvalue weighted by Gasteiger charge is 2.01. The minimum absolute atomic E-state index is 0.890. The fraction of sp³-hybridized carbons (Fsp3) is 0.571. The number of hydrogen-bond donors (Lipinski definition) is 1. The van der Waals surface area contributed by atoms with E-state index < -0.39 is 0 Å². The molecule has 0 atom stereocenters. The molecular weight excluding hydrogens is 278 g/mol. The molecule has 0 aliphatic rings. The summed E-state index contributed by atoms with van der Waals surface area (Å²) in [6, 6.07) is 5.99. The summed E-state index contributed by atoms with van der Waals surface area (Å²) in [5.41, 5.74) is 1.11. The zero-order chi connectivity index (χ0) is 12.5. The average molecular weight is 300 g/mol. The maximum atomic E-state index is 5.21. The third-order valence-electron chi connectivity index (χ3n) is 2.77. The van der Waals surface area contributed by atoms with Gasteiger partial charge in [-0.15, -0.1) is 0 Å². The number of nitrogens with one attached hydrogen (secondary N) is 1. The highest BCUT2D eigenvalue weighted by Crippen LogP contribution is 2.27. The smallest absolute Gasteiger partial charge is 0.121 e. The Kier molecular flexibility index (Phi) is 7.10. The Morgan fingerprint density at radius 3 is 2.65 bits per heavy atom. The van der Waals surface area contributed by atoms with Gasteiger partial charge in [-0.05, 0) is 34.5 Å². The maximum absolute atomic E-state index is 5.21. The zero-order valence-corrected chi connectivity index (χ0v) is 12.3. The Balaban J connectivity index is 2.30. The Morgan fingerprint density at radius 2 is 1.94 bits per heavy atom. The number of unbranched alkanes of at least 4 members (excludes halogenated alkanes) is 4. The lowest BCUT2D eigenvalue weighted by Crippen LogP contribution is -2.02. The van der Waals surface area contributed by atoms with Gasteiger partial charge < -0.3 is 10.1 Å². The Bertz CT molecular complexity index is 328. The van der Waals surface area contributed by atoms with Crippen LogP contribution in [0.5, 0.6) is 5.75 Å². The van der Waals surface area contributed by atoms with Crippen LogP contribution in [0.3, 0.4) is 0 Å². The minimum atomic E-state index is 0.890. The summed E-state index contributed by atoms with van der Waals surface area (Å²) in [6.45, 7) is 3.26. The molecule has 0 bridgehead atoms. The van der Waals surface area contributed by atoms with Gasteiger partial charge in [0.15, 0.2) is 0 Å². The number of anilines is 1. The molecule has 1 aromatic rings. The first-order valence-electron chi connectivity index (χ1n) is 6.35. The lowest BCUT2D eigenvalue weighted by molar-refractivity contribution is 0.415. The summed E-state index contributed by atoms with van der Waals surface area (Å²) in [7, 11) is 1.69. The van der Waals surface area contributed by atoms with Crippen LogP contribution in [0, 0.1) is 0 Å². The molecular formula is C14H22BrNO. The van der Waals surface area contributed by atoms with Crippen molar-refractivity contribution in [2.45, 2.75) is 39.0 Å². The molecule has 3 heteroatoms. The first-order valence-corrected chi connectivity index (χ1v) is 7.14.